The molecular weight excluding hydrogens is 232 g/mol. The van der Waals surface area contributed by atoms with Gasteiger partial charge in [-0.2, -0.15) is 0 Å². The normalized spacial score (nSPS) is 20.5. The molecule has 1 fully saturated rings. The van der Waals surface area contributed by atoms with Crippen molar-refractivity contribution in [2.75, 3.05) is 26.7 Å². The first-order valence-electron chi connectivity index (χ1n) is 5.86. The van der Waals surface area contributed by atoms with E-state index >= 15 is 0 Å². The molecule has 1 aromatic carbocycles. The fourth-order valence-corrected chi connectivity index (χ4v) is 2.04. The minimum Gasteiger partial charge on any atom is -0.442 e. The molecule has 0 N–H and O–H groups in total. The van der Waals surface area contributed by atoms with Crippen LogP contribution in [0.4, 0.5) is 0 Å². The van der Waals surface area contributed by atoms with E-state index in [4.69, 9.17) is 4.74 Å². The van der Waals surface area contributed by atoms with Gasteiger partial charge in [0.1, 0.15) is 0 Å². The van der Waals surface area contributed by atoms with Gasteiger partial charge in [0.2, 0.25) is 0 Å². The number of carbonyl (C=O) groups excluding carboxylic acids is 2. The highest BCUT2D eigenvalue weighted by Gasteiger charge is 2.30. The van der Waals surface area contributed by atoms with E-state index in [2.05, 4.69) is 0 Å². The quantitative estimate of drug-likeness (QED) is 0.734. The van der Waals surface area contributed by atoms with Crippen molar-refractivity contribution < 1.29 is 14.3 Å². The first-order valence-corrected chi connectivity index (χ1v) is 5.86. The van der Waals surface area contributed by atoms with Gasteiger partial charge in [0.15, 0.2) is 6.23 Å². The molecule has 0 bridgehead atoms. The van der Waals surface area contributed by atoms with Crippen molar-refractivity contribution in [1.29, 1.82) is 0 Å². The highest BCUT2D eigenvalue weighted by Crippen LogP contribution is 2.13. The summed E-state index contributed by atoms with van der Waals surface area (Å²) in [6.45, 7) is 2.27. The van der Waals surface area contributed by atoms with Gasteiger partial charge in [-0.05, 0) is 19.2 Å². The van der Waals surface area contributed by atoms with Crippen molar-refractivity contribution in [3.63, 3.8) is 0 Å². The van der Waals surface area contributed by atoms with Crippen molar-refractivity contribution in [2.45, 2.75) is 6.23 Å². The van der Waals surface area contributed by atoms with Gasteiger partial charge in [0.05, 0.1) is 6.54 Å². The van der Waals surface area contributed by atoms with Crippen LogP contribution in [0, 0.1) is 0 Å². The predicted molar refractivity (Wildman–Crippen MR) is 65.9 cm³/mol. The Labute approximate surface area is 106 Å². The topological polar surface area (TPSA) is 49.9 Å². The Morgan fingerprint density at radius 1 is 1.33 bits per heavy atom. The summed E-state index contributed by atoms with van der Waals surface area (Å²) in [5.74, 6) is -0.101. The third kappa shape index (κ3) is 2.68. The summed E-state index contributed by atoms with van der Waals surface area (Å²) < 4.78 is 4.99. The van der Waals surface area contributed by atoms with Crippen molar-refractivity contribution in [3.05, 3.63) is 35.9 Å². The monoisotopic (exact) mass is 248 g/mol. The minimum atomic E-state index is -0.506. The Kier molecular flexibility index (Phi) is 3.94. The van der Waals surface area contributed by atoms with Crippen LogP contribution in [-0.2, 0) is 9.53 Å². The lowest BCUT2D eigenvalue weighted by Gasteiger charge is -2.38. The fraction of sp³-hybridized carbons (Fsp3) is 0.385. The molecular formula is C13H16N2O3. The Morgan fingerprint density at radius 2 is 2.06 bits per heavy atom. The summed E-state index contributed by atoms with van der Waals surface area (Å²) in [6.07, 6.45) is -0.506. The SMILES string of the molecule is CN1CCN(C(=O)c2ccccc2)C(OC=O)C1. The second-order valence-corrected chi connectivity index (χ2v) is 4.31. The zero-order valence-electron chi connectivity index (χ0n) is 10.3. The number of amides is 1. The predicted octanol–water partition coefficient (Wildman–Crippen LogP) is 0.573. The van der Waals surface area contributed by atoms with Crippen LogP contribution in [-0.4, -0.2) is 55.1 Å². The second kappa shape index (κ2) is 5.64. The molecule has 0 radical (unpaired) electrons. The minimum absolute atomic E-state index is 0.101. The van der Waals surface area contributed by atoms with E-state index in [0.717, 1.165) is 6.54 Å². The molecule has 1 saturated heterocycles. The molecule has 18 heavy (non-hydrogen) atoms. The van der Waals surface area contributed by atoms with E-state index in [1.54, 1.807) is 17.0 Å². The number of ether oxygens (including phenoxy) is 1. The van der Waals surface area contributed by atoms with Crippen LogP contribution < -0.4 is 0 Å². The van der Waals surface area contributed by atoms with Crippen molar-refractivity contribution >= 4 is 12.4 Å². The molecule has 5 nitrogen and oxygen atoms in total. The smallest absolute Gasteiger partial charge is 0.295 e. The summed E-state index contributed by atoms with van der Waals surface area (Å²) in [5, 5.41) is 0. The third-order valence-corrected chi connectivity index (χ3v) is 3.03. The third-order valence-electron chi connectivity index (χ3n) is 3.03. The average Bonchev–Trinajstić information content (AvgIpc) is 2.40. The number of hydrogen-bond donors (Lipinski definition) is 0. The van der Waals surface area contributed by atoms with E-state index in [1.807, 2.05) is 30.1 Å². The highest BCUT2D eigenvalue weighted by molar-refractivity contribution is 5.94. The van der Waals surface area contributed by atoms with Crippen molar-refractivity contribution in [2.24, 2.45) is 0 Å². The summed E-state index contributed by atoms with van der Waals surface area (Å²) >= 11 is 0. The van der Waals surface area contributed by atoms with Crippen LogP contribution in [0.15, 0.2) is 30.3 Å². The molecule has 0 spiro atoms. The average molecular weight is 248 g/mol. The van der Waals surface area contributed by atoms with Crippen LogP contribution in [0.1, 0.15) is 10.4 Å². The Morgan fingerprint density at radius 3 is 2.72 bits per heavy atom. The molecule has 0 aliphatic carbocycles. The largest absolute Gasteiger partial charge is 0.442 e. The summed E-state index contributed by atoms with van der Waals surface area (Å²) in [4.78, 5) is 26.4. The zero-order chi connectivity index (χ0) is 13.0. The lowest BCUT2D eigenvalue weighted by Crippen LogP contribution is -2.55. The number of likely N-dealkylation sites (N-methyl/N-ethyl adjacent to an activating group) is 1. The van der Waals surface area contributed by atoms with E-state index in [1.165, 1.54) is 0 Å². The van der Waals surface area contributed by atoms with E-state index in [0.29, 0.717) is 25.1 Å². The molecule has 0 saturated carbocycles. The van der Waals surface area contributed by atoms with Gasteiger partial charge in [-0.25, -0.2) is 0 Å². The molecule has 96 valence electrons. The lowest BCUT2D eigenvalue weighted by atomic mass is 10.2. The second-order valence-electron chi connectivity index (χ2n) is 4.31. The zero-order valence-corrected chi connectivity index (χ0v) is 10.3. The maximum Gasteiger partial charge on any atom is 0.295 e. The van der Waals surface area contributed by atoms with Crippen LogP contribution >= 0.6 is 0 Å². The van der Waals surface area contributed by atoms with Gasteiger partial charge in [-0.15, -0.1) is 0 Å². The Hall–Kier alpha value is -1.88. The van der Waals surface area contributed by atoms with E-state index in [-0.39, 0.29) is 5.91 Å². The van der Waals surface area contributed by atoms with Gasteiger partial charge in [0.25, 0.3) is 12.4 Å². The standard InChI is InChI=1S/C13H16N2O3/c1-14-7-8-15(12(9-14)18-10-16)13(17)11-5-3-2-4-6-11/h2-6,10,12H,7-9H2,1H3. The van der Waals surface area contributed by atoms with Gasteiger partial charge in [0, 0.05) is 18.7 Å². The number of carbonyl (C=O) groups is 2. The molecule has 0 aromatic heterocycles. The van der Waals surface area contributed by atoms with Crippen LogP contribution in [0.2, 0.25) is 0 Å². The molecule has 1 aliphatic heterocycles. The van der Waals surface area contributed by atoms with Gasteiger partial charge < -0.3 is 9.64 Å². The molecule has 1 atom stereocenters. The first kappa shape index (κ1) is 12.6. The lowest BCUT2D eigenvalue weighted by molar-refractivity contribution is -0.145. The van der Waals surface area contributed by atoms with Crippen molar-refractivity contribution in [1.82, 2.24) is 9.80 Å². The van der Waals surface area contributed by atoms with Gasteiger partial charge in [-0.3, -0.25) is 14.5 Å². The van der Waals surface area contributed by atoms with Crippen LogP contribution in [0.25, 0.3) is 0 Å². The highest BCUT2D eigenvalue weighted by atomic mass is 16.5. The molecule has 1 aromatic rings. The number of nitrogens with zero attached hydrogens (tertiary/aromatic N) is 2. The molecule has 2 rings (SSSR count). The van der Waals surface area contributed by atoms with Crippen LogP contribution in [0.3, 0.4) is 0 Å². The van der Waals surface area contributed by atoms with Gasteiger partial charge >= 0.3 is 0 Å². The summed E-state index contributed by atoms with van der Waals surface area (Å²) in [5.41, 5.74) is 0.613. The summed E-state index contributed by atoms with van der Waals surface area (Å²) in [7, 11) is 1.94. The van der Waals surface area contributed by atoms with Crippen LogP contribution in [0.5, 0.6) is 0 Å². The number of hydrogen-bond acceptors (Lipinski definition) is 4. The molecule has 1 aliphatic rings. The van der Waals surface area contributed by atoms with Gasteiger partial charge in [-0.1, -0.05) is 18.2 Å². The van der Waals surface area contributed by atoms with Crippen molar-refractivity contribution in [3.8, 4) is 0 Å². The first-order chi connectivity index (χ1) is 8.72. The Balaban J connectivity index is 2.15. The maximum absolute atomic E-state index is 12.3. The Bertz CT molecular complexity index is 422. The molecule has 5 heteroatoms. The summed E-state index contributed by atoms with van der Waals surface area (Å²) in [6, 6.07) is 9.02. The number of benzene rings is 1. The van der Waals surface area contributed by atoms with E-state index < -0.39 is 6.23 Å². The number of piperazine rings is 1. The molecule has 1 heterocycles. The fourth-order valence-electron chi connectivity index (χ4n) is 2.04. The molecule has 1 unspecified atom stereocenters. The molecule has 1 amide bonds. The number of rotatable bonds is 3. The maximum atomic E-state index is 12.3. The van der Waals surface area contributed by atoms with E-state index in [9.17, 15) is 9.59 Å².